The van der Waals surface area contributed by atoms with Crippen LogP contribution >= 0.6 is 0 Å². The highest BCUT2D eigenvalue weighted by molar-refractivity contribution is 5.34. The molecule has 0 saturated heterocycles. The van der Waals surface area contributed by atoms with Crippen LogP contribution in [0.25, 0.3) is 0 Å². The third kappa shape index (κ3) is 1.61. The Balaban J connectivity index is 2.20. The SMILES string of the molecule is CCc1ccccc1C1CC1CN. The van der Waals surface area contributed by atoms with E-state index >= 15 is 0 Å². The van der Waals surface area contributed by atoms with Gasteiger partial charge in [-0.15, -0.1) is 0 Å². The van der Waals surface area contributed by atoms with Crippen LogP contribution in [0, 0.1) is 5.92 Å². The van der Waals surface area contributed by atoms with Crippen LogP contribution in [0.5, 0.6) is 0 Å². The molecule has 2 rings (SSSR count). The van der Waals surface area contributed by atoms with Gasteiger partial charge >= 0.3 is 0 Å². The summed E-state index contributed by atoms with van der Waals surface area (Å²) in [6.45, 7) is 3.07. The lowest BCUT2D eigenvalue weighted by atomic mass is 10.0. The molecule has 2 N–H and O–H groups in total. The van der Waals surface area contributed by atoms with E-state index in [2.05, 4.69) is 31.2 Å². The fourth-order valence-corrected chi connectivity index (χ4v) is 2.11. The van der Waals surface area contributed by atoms with Crippen molar-refractivity contribution < 1.29 is 0 Å². The smallest absolute Gasteiger partial charge is 0.00428 e. The van der Waals surface area contributed by atoms with Gasteiger partial charge in [0.2, 0.25) is 0 Å². The molecular formula is C12H17N. The summed E-state index contributed by atoms with van der Waals surface area (Å²) in [7, 11) is 0. The van der Waals surface area contributed by atoms with Gasteiger partial charge in [0.15, 0.2) is 0 Å². The Kier molecular flexibility index (Phi) is 2.36. The normalized spacial score (nSPS) is 26.0. The summed E-state index contributed by atoms with van der Waals surface area (Å²) in [4.78, 5) is 0. The Morgan fingerprint density at radius 2 is 2.15 bits per heavy atom. The van der Waals surface area contributed by atoms with Crippen LogP contribution in [-0.4, -0.2) is 6.54 Å². The summed E-state index contributed by atoms with van der Waals surface area (Å²) >= 11 is 0. The molecule has 1 saturated carbocycles. The van der Waals surface area contributed by atoms with E-state index in [9.17, 15) is 0 Å². The minimum Gasteiger partial charge on any atom is -0.330 e. The van der Waals surface area contributed by atoms with Crippen molar-refractivity contribution in [2.24, 2.45) is 11.7 Å². The van der Waals surface area contributed by atoms with E-state index in [-0.39, 0.29) is 0 Å². The molecule has 0 heterocycles. The van der Waals surface area contributed by atoms with Crippen LogP contribution in [0.3, 0.4) is 0 Å². The molecule has 0 radical (unpaired) electrons. The van der Waals surface area contributed by atoms with Crippen LogP contribution in [0.15, 0.2) is 24.3 Å². The average molecular weight is 175 g/mol. The van der Waals surface area contributed by atoms with Gasteiger partial charge in [0.25, 0.3) is 0 Å². The molecule has 1 aromatic carbocycles. The lowest BCUT2D eigenvalue weighted by molar-refractivity contribution is 0.804. The van der Waals surface area contributed by atoms with E-state index in [1.807, 2.05) is 0 Å². The summed E-state index contributed by atoms with van der Waals surface area (Å²) in [5, 5.41) is 0. The Morgan fingerprint density at radius 3 is 2.77 bits per heavy atom. The first-order chi connectivity index (χ1) is 6.36. The fourth-order valence-electron chi connectivity index (χ4n) is 2.11. The van der Waals surface area contributed by atoms with Gasteiger partial charge in [0.1, 0.15) is 0 Å². The van der Waals surface area contributed by atoms with Crippen molar-refractivity contribution >= 4 is 0 Å². The lowest BCUT2D eigenvalue weighted by Crippen LogP contribution is -2.02. The lowest BCUT2D eigenvalue weighted by Gasteiger charge is -2.05. The highest BCUT2D eigenvalue weighted by Gasteiger charge is 2.37. The van der Waals surface area contributed by atoms with E-state index < -0.39 is 0 Å². The average Bonchev–Trinajstić information content (AvgIpc) is 2.96. The highest BCUT2D eigenvalue weighted by Crippen LogP contribution is 2.47. The molecule has 1 heteroatoms. The van der Waals surface area contributed by atoms with Crippen LogP contribution in [-0.2, 0) is 6.42 Å². The molecular weight excluding hydrogens is 158 g/mol. The van der Waals surface area contributed by atoms with Crippen LogP contribution < -0.4 is 5.73 Å². The third-order valence-corrected chi connectivity index (χ3v) is 3.06. The van der Waals surface area contributed by atoms with Crippen molar-refractivity contribution in [1.82, 2.24) is 0 Å². The maximum Gasteiger partial charge on any atom is -0.00428 e. The van der Waals surface area contributed by atoms with Crippen LogP contribution in [0.2, 0.25) is 0 Å². The molecule has 2 unspecified atom stereocenters. The molecule has 13 heavy (non-hydrogen) atoms. The molecule has 1 aliphatic rings. The Hall–Kier alpha value is -0.820. The first-order valence-corrected chi connectivity index (χ1v) is 5.14. The number of hydrogen-bond acceptors (Lipinski definition) is 1. The summed E-state index contributed by atoms with van der Waals surface area (Å²) < 4.78 is 0. The van der Waals surface area contributed by atoms with Gasteiger partial charge in [-0.1, -0.05) is 31.2 Å². The molecule has 70 valence electrons. The van der Waals surface area contributed by atoms with E-state index in [4.69, 9.17) is 5.73 Å². The highest BCUT2D eigenvalue weighted by atomic mass is 14.6. The Morgan fingerprint density at radius 1 is 1.38 bits per heavy atom. The number of aryl methyl sites for hydroxylation is 1. The van der Waals surface area contributed by atoms with Crippen LogP contribution in [0.1, 0.15) is 30.4 Å². The van der Waals surface area contributed by atoms with Gasteiger partial charge < -0.3 is 5.73 Å². The fraction of sp³-hybridized carbons (Fsp3) is 0.500. The summed E-state index contributed by atoms with van der Waals surface area (Å²) in [6.07, 6.45) is 2.44. The van der Waals surface area contributed by atoms with Crippen LogP contribution in [0.4, 0.5) is 0 Å². The minimum atomic E-state index is 0.757. The van der Waals surface area contributed by atoms with Crippen molar-refractivity contribution in [3.05, 3.63) is 35.4 Å². The minimum absolute atomic E-state index is 0.757. The van der Waals surface area contributed by atoms with Gasteiger partial charge in [-0.2, -0.15) is 0 Å². The van der Waals surface area contributed by atoms with Crippen molar-refractivity contribution in [2.75, 3.05) is 6.54 Å². The number of benzene rings is 1. The monoisotopic (exact) mass is 175 g/mol. The second kappa shape index (κ2) is 3.51. The number of nitrogens with two attached hydrogens (primary N) is 1. The van der Waals surface area contributed by atoms with Gasteiger partial charge in [-0.05, 0) is 42.3 Å². The first-order valence-electron chi connectivity index (χ1n) is 5.14. The van der Waals surface area contributed by atoms with E-state index in [1.54, 1.807) is 5.56 Å². The molecule has 1 nitrogen and oxygen atoms in total. The van der Waals surface area contributed by atoms with Gasteiger partial charge in [0, 0.05) is 0 Å². The van der Waals surface area contributed by atoms with E-state index in [1.165, 1.54) is 12.0 Å². The largest absolute Gasteiger partial charge is 0.330 e. The summed E-state index contributed by atoms with van der Waals surface area (Å²) in [5.41, 5.74) is 8.70. The van der Waals surface area contributed by atoms with Gasteiger partial charge in [-0.3, -0.25) is 0 Å². The van der Waals surface area contributed by atoms with Crippen molar-refractivity contribution in [3.8, 4) is 0 Å². The topological polar surface area (TPSA) is 26.0 Å². The number of hydrogen-bond donors (Lipinski definition) is 1. The molecule has 1 aromatic rings. The second-order valence-corrected chi connectivity index (χ2v) is 3.89. The predicted molar refractivity (Wildman–Crippen MR) is 55.7 cm³/mol. The zero-order valence-electron chi connectivity index (χ0n) is 8.16. The van der Waals surface area contributed by atoms with Crippen molar-refractivity contribution in [2.45, 2.75) is 25.7 Å². The molecule has 0 aliphatic heterocycles. The van der Waals surface area contributed by atoms with Crippen molar-refractivity contribution in [1.29, 1.82) is 0 Å². The Labute approximate surface area is 80.0 Å². The maximum atomic E-state index is 5.65. The third-order valence-electron chi connectivity index (χ3n) is 3.06. The standard InChI is InChI=1S/C12H17N/c1-2-9-5-3-4-6-11(9)12-7-10(12)8-13/h3-6,10,12H,2,7-8,13H2,1H3. The summed E-state index contributed by atoms with van der Waals surface area (Å²) in [5.74, 6) is 1.52. The molecule has 0 amide bonds. The zero-order valence-corrected chi connectivity index (χ0v) is 8.16. The summed E-state index contributed by atoms with van der Waals surface area (Å²) in [6, 6.07) is 8.77. The molecule has 0 bridgehead atoms. The predicted octanol–water partition coefficient (Wildman–Crippen LogP) is 2.31. The molecule has 1 aliphatic carbocycles. The van der Waals surface area contributed by atoms with E-state index in [0.29, 0.717) is 0 Å². The van der Waals surface area contributed by atoms with Gasteiger partial charge in [0.05, 0.1) is 0 Å². The molecule has 1 fully saturated rings. The zero-order chi connectivity index (χ0) is 9.26. The van der Waals surface area contributed by atoms with E-state index in [0.717, 1.165) is 24.8 Å². The number of rotatable bonds is 3. The molecule has 0 aromatic heterocycles. The molecule has 0 spiro atoms. The van der Waals surface area contributed by atoms with Gasteiger partial charge in [-0.25, -0.2) is 0 Å². The maximum absolute atomic E-state index is 5.65. The first kappa shape index (κ1) is 8.76. The Bertz CT molecular complexity index is 293. The second-order valence-electron chi connectivity index (χ2n) is 3.89. The molecule has 2 atom stereocenters. The van der Waals surface area contributed by atoms with Crippen molar-refractivity contribution in [3.63, 3.8) is 0 Å². The quantitative estimate of drug-likeness (QED) is 0.749.